The fourth-order valence-corrected chi connectivity index (χ4v) is 3.33. The molecule has 2 aromatic carbocycles. The highest BCUT2D eigenvalue weighted by atomic mass is 32.2. The molecule has 0 atom stereocenters. The van der Waals surface area contributed by atoms with Gasteiger partial charge in [-0.3, -0.25) is 0 Å². The van der Waals surface area contributed by atoms with E-state index in [9.17, 15) is 21.8 Å². The third-order valence-corrected chi connectivity index (χ3v) is 4.94. The van der Waals surface area contributed by atoms with Crippen molar-refractivity contribution in [3.05, 3.63) is 59.5 Å². The van der Waals surface area contributed by atoms with E-state index >= 15 is 0 Å². The predicted octanol–water partition coefficient (Wildman–Crippen LogP) is 5.10. The fraction of sp³-hybridized carbons (Fsp3) is 0.167. The highest BCUT2D eigenvalue weighted by Gasteiger charge is 2.35. The van der Waals surface area contributed by atoms with Gasteiger partial charge in [-0.25, -0.2) is 9.07 Å². The number of ether oxygens (including phenoxy) is 1. The summed E-state index contributed by atoms with van der Waals surface area (Å²) < 4.78 is 79.4. The van der Waals surface area contributed by atoms with Gasteiger partial charge >= 0.3 is 6.18 Å². The Bertz CT molecular complexity index is 1100. The van der Waals surface area contributed by atoms with Crippen LogP contribution in [-0.4, -0.2) is 16.9 Å². The number of methoxy groups -OCH3 is 1. The minimum Gasteiger partial charge on any atom is -0.497 e. The van der Waals surface area contributed by atoms with E-state index in [-0.39, 0.29) is 16.9 Å². The Balaban J connectivity index is 2.28. The Morgan fingerprint density at radius 2 is 1.79 bits per heavy atom. The first-order chi connectivity index (χ1) is 13.1. The van der Waals surface area contributed by atoms with E-state index in [2.05, 4.69) is 5.10 Å². The van der Waals surface area contributed by atoms with Crippen molar-refractivity contribution >= 4 is 10.6 Å². The van der Waals surface area contributed by atoms with Crippen LogP contribution in [0.15, 0.2) is 47.4 Å². The van der Waals surface area contributed by atoms with Crippen LogP contribution in [0.2, 0.25) is 0 Å². The number of hydrogen-bond acceptors (Lipinski definition) is 5. The molecule has 0 aliphatic carbocycles. The van der Waals surface area contributed by atoms with E-state index in [0.717, 1.165) is 10.7 Å². The maximum Gasteiger partial charge on any atom is 0.435 e. The van der Waals surface area contributed by atoms with Crippen LogP contribution >= 0.6 is 0 Å². The summed E-state index contributed by atoms with van der Waals surface area (Å²) in [5.74, 6) is -0.556. The van der Waals surface area contributed by atoms with Gasteiger partial charge in [0.05, 0.1) is 18.5 Å². The molecule has 0 aliphatic heterocycles. The van der Waals surface area contributed by atoms with Crippen LogP contribution in [0, 0.1) is 17.5 Å². The number of aryl methyl sites for hydroxylation is 1. The molecule has 10 heteroatoms. The largest absolute Gasteiger partial charge is 0.497 e. The first-order valence-corrected chi connectivity index (χ1v) is 9.02. The van der Waals surface area contributed by atoms with Crippen LogP contribution in [-0.2, 0) is 21.0 Å². The average molecular weight is 412 g/mol. The van der Waals surface area contributed by atoms with Gasteiger partial charge in [-0.15, -0.1) is 0 Å². The molecule has 3 rings (SSSR count). The number of benzene rings is 2. The monoisotopic (exact) mass is 412 g/mol. The normalized spacial score (nSPS) is 11.8. The van der Waals surface area contributed by atoms with Gasteiger partial charge < -0.3 is 13.7 Å². The van der Waals surface area contributed by atoms with Crippen LogP contribution < -0.4 is 4.74 Å². The molecule has 1 N–H and O–H groups in total. The number of halogens is 4. The van der Waals surface area contributed by atoms with E-state index in [0.29, 0.717) is 11.3 Å². The fourth-order valence-electron chi connectivity index (χ4n) is 2.70. The van der Waals surface area contributed by atoms with Crippen LogP contribution in [0.1, 0.15) is 11.3 Å². The summed E-state index contributed by atoms with van der Waals surface area (Å²) in [4.78, 5) is -0.401. The van der Waals surface area contributed by atoms with Crippen LogP contribution in [0.25, 0.3) is 16.9 Å². The Hall–Kier alpha value is -2.88. The maximum absolute atomic E-state index is 14.9. The predicted molar refractivity (Wildman–Crippen MR) is 94.3 cm³/mol. The lowest BCUT2D eigenvalue weighted by molar-refractivity contribution is -0.141. The molecule has 1 aromatic heterocycles. The van der Waals surface area contributed by atoms with E-state index in [1.807, 2.05) is 0 Å². The molecule has 0 unspecified atom stereocenters. The molecule has 0 bridgehead atoms. The lowest BCUT2D eigenvalue weighted by atomic mass is 10.1. The third kappa shape index (κ3) is 3.59. The molecule has 0 spiro atoms. The van der Waals surface area contributed by atoms with E-state index in [1.54, 1.807) is 12.1 Å². The molecule has 0 saturated carbocycles. The first kappa shape index (κ1) is 19.9. The van der Waals surface area contributed by atoms with Gasteiger partial charge in [-0.05, 0) is 43.3 Å². The second-order valence-corrected chi connectivity index (χ2v) is 6.81. The number of nitrogens with zero attached hydrogens (tertiary/aromatic N) is 2. The maximum atomic E-state index is 14.9. The van der Waals surface area contributed by atoms with Crippen molar-refractivity contribution in [3.63, 3.8) is 0 Å². The molecule has 0 saturated heterocycles. The lowest BCUT2D eigenvalue weighted by Gasteiger charge is -2.15. The topological polar surface area (TPSA) is 68.0 Å². The SMILES string of the molecule is COc1ccc(-c2cc(C(F)(F)F)nn2-c2ccc(C)c([S-](=N)=O)c2F)cc1. The zero-order valence-electron chi connectivity index (χ0n) is 14.7. The van der Waals surface area contributed by atoms with Crippen molar-refractivity contribution in [2.24, 2.45) is 0 Å². The van der Waals surface area contributed by atoms with Gasteiger partial charge in [0.2, 0.25) is 0 Å². The summed E-state index contributed by atoms with van der Waals surface area (Å²) >= 11 is 0. The van der Waals surface area contributed by atoms with Gasteiger partial charge in [0.1, 0.15) is 11.6 Å². The number of aromatic nitrogens is 2. The summed E-state index contributed by atoms with van der Waals surface area (Å²) in [5, 5.41) is 3.52. The summed E-state index contributed by atoms with van der Waals surface area (Å²) in [7, 11) is -0.957. The molecule has 0 aliphatic rings. The van der Waals surface area contributed by atoms with Crippen molar-refractivity contribution in [1.82, 2.24) is 9.78 Å². The summed E-state index contributed by atoms with van der Waals surface area (Å²) in [6, 6.07) is 9.56. The highest BCUT2D eigenvalue weighted by Crippen LogP contribution is 2.35. The average Bonchev–Trinajstić information content (AvgIpc) is 3.07. The number of rotatable bonds is 4. The summed E-state index contributed by atoms with van der Waals surface area (Å²) in [6.07, 6.45) is -4.74. The van der Waals surface area contributed by atoms with Gasteiger partial charge in [-0.1, -0.05) is 16.5 Å². The number of nitrogens with one attached hydrogen (secondary N) is 1. The molecule has 28 heavy (non-hydrogen) atoms. The van der Waals surface area contributed by atoms with Crippen LogP contribution in [0.5, 0.6) is 5.75 Å². The molecule has 1 heterocycles. The standard InChI is InChI=1S/C18H14F4N3O2S/c1-10-3-8-13(16(19)17(10)28(23)26)25-14(9-15(24-25)18(20,21)22)11-4-6-12(27-2)7-5-11/h3-9,23H,1-2H3/q-1. The van der Waals surface area contributed by atoms with Crippen molar-refractivity contribution in [3.8, 4) is 22.7 Å². The van der Waals surface area contributed by atoms with Gasteiger partial charge in [0.25, 0.3) is 0 Å². The lowest BCUT2D eigenvalue weighted by Crippen LogP contribution is -2.09. The zero-order valence-corrected chi connectivity index (χ0v) is 15.5. The van der Waals surface area contributed by atoms with Crippen molar-refractivity contribution < 1.29 is 26.5 Å². The second kappa shape index (κ2) is 7.27. The molecule has 0 fully saturated rings. The minimum absolute atomic E-state index is 0.0144. The molecular formula is C18H14F4N3O2S-. The Morgan fingerprint density at radius 1 is 1.14 bits per heavy atom. The quantitative estimate of drug-likeness (QED) is 0.479. The molecule has 3 aromatic rings. The molecule has 0 amide bonds. The van der Waals surface area contributed by atoms with Gasteiger partial charge in [-0.2, -0.15) is 28.9 Å². The zero-order chi connectivity index (χ0) is 20.6. The van der Waals surface area contributed by atoms with E-state index < -0.39 is 33.2 Å². The number of alkyl halides is 3. The van der Waals surface area contributed by atoms with E-state index in [4.69, 9.17) is 9.52 Å². The van der Waals surface area contributed by atoms with Gasteiger partial charge in [0, 0.05) is 5.56 Å². The smallest absolute Gasteiger partial charge is 0.435 e. The van der Waals surface area contributed by atoms with E-state index in [1.165, 1.54) is 38.3 Å². The van der Waals surface area contributed by atoms with Crippen LogP contribution in [0.4, 0.5) is 17.6 Å². The van der Waals surface area contributed by atoms with Crippen molar-refractivity contribution in [2.45, 2.75) is 18.0 Å². The molecular weight excluding hydrogens is 398 g/mol. The second-order valence-electron chi connectivity index (χ2n) is 5.87. The first-order valence-electron chi connectivity index (χ1n) is 7.87. The van der Waals surface area contributed by atoms with Gasteiger partial charge in [0.15, 0.2) is 5.69 Å². The summed E-state index contributed by atoms with van der Waals surface area (Å²) in [5.41, 5.74) is -0.949. The highest BCUT2D eigenvalue weighted by molar-refractivity contribution is 7.73. The Kier molecular flexibility index (Phi) is 5.16. The Labute approximate surface area is 159 Å². The van der Waals surface area contributed by atoms with Crippen molar-refractivity contribution in [2.75, 3.05) is 7.11 Å². The minimum atomic E-state index is -4.74. The molecule has 0 radical (unpaired) electrons. The third-order valence-electron chi connectivity index (χ3n) is 4.07. The summed E-state index contributed by atoms with van der Waals surface area (Å²) in [6.45, 7) is 1.46. The molecule has 5 nitrogen and oxygen atoms in total. The van der Waals surface area contributed by atoms with Crippen LogP contribution in [0.3, 0.4) is 0 Å². The Morgan fingerprint density at radius 3 is 2.32 bits per heavy atom. The molecule has 148 valence electrons. The van der Waals surface area contributed by atoms with Crippen molar-refractivity contribution in [1.29, 1.82) is 4.78 Å². The number of hydrogen-bond donors (Lipinski definition) is 1.